The first-order valence-electron chi connectivity index (χ1n) is 20.3. The minimum Gasteiger partial charge on any atom is -0.311 e. The van der Waals surface area contributed by atoms with Crippen LogP contribution in [0.4, 0.5) is 51.2 Å². The lowest BCUT2D eigenvalue weighted by molar-refractivity contribution is 1.12. The molecule has 9 aromatic carbocycles. The predicted octanol–water partition coefficient (Wildman–Crippen LogP) is 12.9. The van der Waals surface area contributed by atoms with E-state index in [1.165, 1.54) is 70.1 Å². The van der Waals surface area contributed by atoms with Gasteiger partial charge in [-0.25, -0.2) is 0 Å². The molecule has 3 nitrogen and oxygen atoms in total. The Morgan fingerprint density at radius 3 is 1.07 bits per heavy atom. The summed E-state index contributed by atoms with van der Waals surface area (Å²) in [4.78, 5) is 12.8. The molecule has 0 saturated heterocycles. The van der Waals surface area contributed by atoms with Crippen LogP contribution in [0.15, 0.2) is 250 Å². The van der Waals surface area contributed by atoms with Crippen LogP contribution in [0.25, 0.3) is 0 Å². The zero-order valence-corrected chi connectivity index (χ0v) is 33.1. The second-order valence-electron chi connectivity index (χ2n) is 15.3. The molecule has 0 amide bonds. The molecule has 3 heterocycles. The van der Waals surface area contributed by atoms with E-state index >= 15 is 0 Å². The maximum absolute atomic E-state index is 2.54. The Hall–Kier alpha value is -7.21. The molecular weight excluding hydrogens is 733 g/mol. The summed E-state index contributed by atoms with van der Waals surface area (Å²) >= 11 is 0. The van der Waals surface area contributed by atoms with Gasteiger partial charge in [-0.2, -0.15) is 0 Å². The number of para-hydroxylation sites is 6. The lowest BCUT2D eigenvalue weighted by atomic mass is 9.33. The molecule has 12 rings (SSSR count). The summed E-state index contributed by atoms with van der Waals surface area (Å²) in [5.41, 5.74) is 14.5. The van der Waals surface area contributed by atoms with Crippen LogP contribution in [0, 0.1) is 0 Å². The van der Waals surface area contributed by atoms with E-state index in [2.05, 4.69) is 245 Å². The number of benzene rings is 9. The maximum Gasteiger partial charge on any atom is 0.252 e. The molecule has 0 unspecified atom stereocenters. The van der Waals surface area contributed by atoms with Crippen LogP contribution in [-0.2, 0) is 0 Å². The minimum absolute atomic E-state index is 0.0514. The Labute approximate surface area is 347 Å². The summed E-state index contributed by atoms with van der Waals surface area (Å²) in [5, 5.41) is 0. The average molecular weight is 772 g/mol. The van der Waals surface area contributed by atoms with Gasteiger partial charge in [0, 0.05) is 53.7 Å². The van der Waals surface area contributed by atoms with Gasteiger partial charge in [0.25, 0.3) is 6.71 Å². The SMILES string of the molecule is c1ccc(N2c3ccccc3B3c4ccccc4N(c4ccccc4)c4cc(N5c6ccccc6S(c6ccccc6)(c6ccccc6)c6ccccc65)cc2c43)cc1. The average Bonchev–Trinajstić information content (AvgIpc) is 3.31. The number of rotatable bonds is 5. The zero-order chi connectivity index (χ0) is 38.9. The molecule has 0 spiro atoms. The first-order valence-corrected chi connectivity index (χ1v) is 21.9. The van der Waals surface area contributed by atoms with Crippen molar-refractivity contribution in [3.63, 3.8) is 0 Å². The number of fused-ring (bicyclic) bond motifs is 6. The fourth-order valence-electron chi connectivity index (χ4n) is 9.94. The monoisotopic (exact) mass is 771 g/mol. The number of hydrogen-bond donors (Lipinski definition) is 0. The van der Waals surface area contributed by atoms with E-state index in [0.717, 1.165) is 17.1 Å². The zero-order valence-electron chi connectivity index (χ0n) is 32.3. The fraction of sp³-hybridized carbons (Fsp3) is 0. The van der Waals surface area contributed by atoms with Crippen molar-refractivity contribution in [2.75, 3.05) is 14.7 Å². The highest BCUT2D eigenvalue weighted by molar-refractivity contribution is 8.34. The molecule has 0 fully saturated rings. The second kappa shape index (κ2) is 13.4. The van der Waals surface area contributed by atoms with E-state index in [1.54, 1.807) is 0 Å². The van der Waals surface area contributed by atoms with Gasteiger partial charge >= 0.3 is 0 Å². The first-order chi connectivity index (χ1) is 29.3. The van der Waals surface area contributed by atoms with E-state index < -0.39 is 10.0 Å². The number of nitrogens with zero attached hydrogens (tertiary/aromatic N) is 3. The van der Waals surface area contributed by atoms with Gasteiger partial charge in [0.05, 0.1) is 17.1 Å². The predicted molar refractivity (Wildman–Crippen MR) is 249 cm³/mol. The van der Waals surface area contributed by atoms with Gasteiger partial charge in [0.2, 0.25) is 0 Å². The molecule has 5 heteroatoms. The molecule has 0 aliphatic carbocycles. The molecule has 0 atom stereocenters. The molecule has 278 valence electrons. The van der Waals surface area contributed by atoms with Crippen molar-refractivity contribution in [3.8, 4) is 0 Å². The molecule has 3 aliphatic heterocycles. The molecule has 9 aromatic rings. The Morgan fingerprint density at radius 2 is 0.627 bits per heavy atom. The molecule has 0 bridgehead atoms. The van der Waals surface area contributed by atoms with Crippen LogP contribution in [0.1, 0.15) is 0 Å². The van der Waals surface area contributed by atoms with Gasteiger partial charge < -0.3 is 14.7 Å². The van der Waals surface area contributed by atoms with E-state index in [-0.39, 0.29) is 6.71 Å². The Balaban J connectivity index is 1.20. The third-order valence-corrected chi connectivity index (χ3v) is 16.2. The molecule has 0 saturated carbocycles. The summed E-state index contributed by atoms with van der Waals surface area (Å²) in [6.07, 6.45) is 0. The summed E-state index contributed by atoms with van der Waals surface area (Å²) in [6.45, 7) is 0.0514. The number of hydrogen-bond acceptors (Lipinski definition) is 3. The molecule has 0 N–H and O–H groups in total. The lowest BCUT2D eigenvalue weighted by Crippen LogP contribution is -2.61. The summed E-state index contributed by atoms with van der Waals surface area (Å²) in [5.74, 6) is 0. The van der Waals surface area contributed by atoms with Gasteiger partial charge in [0.15, 0.2) is 0 Å². The van der Waals surface area contributed by atoms with Crippen molar-refractivity contribution in [1.82, 2.24) is 0 Å². The van der Waals surface area contributed by atoms with Crippen molar-refractivity contribution < 1.29 is 0 Å². The topological polar surface area (TPSA) is 9.72 Å². The van der Waals surface area contributed by atoms with Crippen molar-refractivity contribution in [2.24, 2.45) is 0 Å². The molecule has 0 radical (unpaired) electrons. The fourth-order valence-corrected chi connectivity index (χ4v) is 14.1. The van der Waals surface area contributed by atoms with Crippen LogP contribution < -0.4 is 31.1 Å². The summed E-state index contributed by atoms with van der Waals surface area (Å²) in [6, 6.07) is 85.4. The van der Waals surface area contributed by atoms with Gasteiger partial charge in [-0.05, 0) is 113 Å². The van der Waals surface area contributed by atoms with Crippen LogP contribution in [0.2, 0.25) is 0 Å². The molecule has 3 aliphatic rings. The van der Waals surface area contributed by atoms with E-state index in [4.69, 9.17) is 0 Å². The van der Waals surface area contributed by atoms with Crippen molar-refractivity contribution in [3.05, 3.63) is 231 Å². The van der Waals surface area contributed by atoms with Gasteiger partial charge in [-0.1, -0.05) is 133 Å². The van der Waals surface area contributed by atoms with E-state index in [0.29, 0.717) is 0 Å². The normalized spacial score (nSPS) is 14.6. The quantitative estimate of drug-likeness (QED) is 0.161. The van der Waals surface area contributed by atoms with Crippen molar-refractivity contribution in [2.45, 2.75) is 19.6 Å². The van der Waals surface area contributed by atoms with E-state index in [1.807, 2.05) is 0 Å². The van der Waals surface area contributed by atoms with Crippen LogP contribution in [0.5, 0.6) is 0 Å². The van der Waals surface area contributed by atoms with Crippen LogP contribution in [0.3, 0.4) is 0 Å². The second-order valence-corrected chi connectivity index (χ2v) is 18.3. The lowest BCUT2D eigenvalue weighted by Gasteiger charge is -2.50. The number of anilines is 9. The highest BCUT2D eigenvalue weighted by atomic mass is 32.3. The molecule has 59 heavy (non-hydrogen) atoms. The van der Waals surface area contributed by atoms with Gasteiger partial charge in [-0.3, -0.25) is 0 Å². The first kappa shape index (κ1) is 33.9. The van der Waals surface area contributed by atoms with Crippen LogP contribution in [-0.4, -0.2) is 6.71 Å². The Morgan fingerprint density at radius 1 is 0.288 bits per heavy atom. The standard InChI is InChI=1S/C54H38BN3S/c1-5-21-39(22-6-1)56-46-31-15-13-29-44(46)55-45-30-14-16-32-47(45)57(40-23-7-2-8-24-40)51-38-41(37-50(56)54(51)55)58-48-33-17-19-35-52(48)59(42-25-9-3-10-26-42,43-27-11-4-12-28-43)53-36-20-18-34-49(53)58/h1-38H. The Kier molecular flexibility index (Phi) is 7.72. The third-order valence-electron chi connectivity index (χ3n) is 12.2. The van der Waals surface area contributed by atoms with E-state index in [9.17, 15) is 0 Å². The highest BCUT2D eigenvalue weighted by Gasteiger charge is 2.46. The highest BCUT2D eigenvalue weighted by Crippen LogP contribution is 2.79. The van der Waals surface area contributed by atoms with Gasteiger partial charge in [-0.15, -0.1) is 10.0 Å². The summed E-state index contributed by atoms with van der Waals surface area (Å²) < 4.78 is 0. The van der Waals surface area contributed by atoms with Gasteiger partial charge in [0.1, 0.15) is 0 Å². The summed E-state index contributed by atoms with van der Waals surface area (Å²) in [7, 11) is -1.90. The maximum atomic E-state index is 2.54. The van der Waals surface area contributed by atoms with Crippen LogP contribution >= 0.6 is 10.0 Å². The third kappa shape index (κ3) is 4.92. The Bertz CT molecular complexity index is 2830. The van der Waals surface area contributed by atoms with Crippen molar-refractivity contribution in [1.29, 1.82) is 0 Å². The smallest absolute Gasteiger partial charge is 0.252 e. The van der Waals surface area contributed by atoms with Crippen molar-refractivity contribution >= 4 is 84.3 Å². The molecular formula is C54H38BN3S. The molecule has 0 aromatic heterocycles. The minimum atomic E-state index is -1.90. The largest absolute Gasteiger partial charge is 0.311 e.